The molecule has 2 aliphatic heterocycles. The highest BCUT2D eigenvalue weighted by atomic mass is 16.5. The van der Waals surface area contributed by atoms with Gasteiger partial charge in [-0.1, -0.05) is 18.2 Å². The molecule has 0 aromatic heterocycles. The number of methoxy groups -OCH3 is 1. The maximum Gasteiger partial charge on any atom is 0.251 e. The van der Waals surface area contributed by atoms with Gasteiger partial charge < -0.3 is 19.9 Å². The van der Waals surface area contributed by atoms with Gasteiger partial charge in [0.25, 0.3) is 5.91 Å². The molecule has 27 heavy (non-hydrogen) atoms. The summed E-state index contributed by atoms with van der Waals surface area (Å²) in [5.41, 5.74) is 0.650. The zero-order chi connectivity index (χ0) is 19.2. The number of rotatable bonds is 6. The van der Waals surface area contributed by atoms with Crippen LogP contribution in [0.3, 0.4) is 0 Å². The van der Waals surface area contributed by atoms with Gasteiger partial charge in [0.1, 0.15) is 0 Å². The first-order valence-electron chi connectivity index (χ1n) is 9.50. The van der Waals surface area contributed by atoms with Crippen LogP contribution in [0.25, 0.3) is 0 Å². The van der Waals surface area contributed by atoms with E-state index in [1.54, 1.807) is 24.1 Å². The third kappa shape index (κ3) is 4.86. The predicted octanol–water partition coefficient (Wildman–Crippen LogP) is 0.902. The Morgan fingerprint density at radius 3 is 2.56 bits per heavy atom. The topological polar surface area (TPSA) is 79.0 Å². The van der Waals surface area contributed by atoms with Crippen molar-refractivity contribution in [2.75, 3.05) is 39.9 Å². The average Bonchev–Trinajstić information content (AvgIpc) is 3.07. The maximum absolute atomic E-state index is 12.7. The molecule has 0 aliphatic carbocycles. The van der Waals surface area contributed by atoms with Crippen LogP contribution >= 0.6 is 0 Å². The lowest BCUT2D eigenvalue weighted by molar-refractivity contribution is -0.136. The summed E-state index contributed by atoms with van der Waals surface area (Å²) in [6.45, 7) is 2.72. The quantitative estimate of drug-likeness (QED) is 0.804. The Bertz CT molecular complexity index is 671. The fourth-order valence-corrected chi connectivity index (χ4v) is 3.72. The van der Waals surface area contributed by atoms with E-state index >= 15 is 0 Å². The first kappa shape index (κ1) is 19.4. The highest BCUT2D eigenvalue weighted by Crippen LogP contribution is 2.22. The molecule has 1 N–H and O–H groups in total. The minimum absolute atomic E-state index is 0.0235. The van der Waals surface area contributed by atoms with Gasteiger partial charge in [-0.15, -0.1) is 0 Å². The third-order valence-corrected chi connectivity index (χ3v) is 5.31. The second kappa shape index (κ2) is 8.99. The van der Waals surface area contributed by atoms with E-state index in [1.807, 2.05) is 23.1 Å². The number of amides is 3. The molecule has 0 unspecified atom stereocenters. The van der Waals surface area contributed by atoms with Gasteiger partial charge in [0.05, 0.1) is 12.5 Å². The van der Waals surface area contributed by atoms with E-state index in [2.05, 4.69) is 5.32 Å². The molecule has 0 radical (unpaired) electrons. The molecule has 0 bridgehead atoms. The van der Waals surface area contributed by atoms with Crippen LogP contribution in [0.2, 0.25) is 0 Å². The van der Waals surface area contributed by atoms with E-state index in [0.717, 1.165) is 12.8 Å². The molecule has 7 nitrogen and oxygen atoms in total. The smallest absolute Gasteiger partial charge is 0.251 e. The number of nitrogens with zero attached hydrogens (tertiary/aromatic N) is 2. The molecule has 7 heteroatoms. The minimum Gasteiger partial charge on any atom is -0.383 e. The van der Waals surface area contributed by atoms with Crippen molar-refractivity contribution in [1.29, 1.82) is 0 Å². The van der Waals surface area contributed by atoms with E-state index in [9.17, 15) is 14.4 Å². The van der Waals surface area contributed by atoms with Crippen molar-refractivity contribution in [1.82, 2.24) is 15.1 Å². The van der Waals surface area contributed by atoms with Gasteiger partial charge in [-0.25, -0.2) is 0 Å². The standard InChI is InChI=1S/C20H27N3O4/c1-27-12-11-23-14-16(13-18(23)24)20(26)22-9-7-17(8-10-22)21-19(25)15-5-3-2-4-6-15/h2-6,16-17H,7-14H2,1H3,(H,21,25)/t16-/m1/s1. The summed E-state index contributed by atoms with van der Waals surface area (Å²) in [7, 11) is 1.60. The number of ether oxygens (including phenoxy) is 1. The van der Waals surface area contributed by atoms with Crippen molar-refractivity contribution in [3.8, 4) is 0 Å². The molecule has 0 saturated carbocycles. The molecule has 1 atom stereocenters. The van der Waals surface area contributed by atoms with Gasteiger partial charge in [0, 0.05) is 51.3 Å². The molecule has 2 saturated heterocycles. The lowest BCUT2D eigenvalue weighted by atomic mass is 10.0. The number of carbonyl (C=O) groups is 3. The normalized spacial score (nSPS) is 20.8. The van der Waals surface area contributed by atoms with Crippen LogP contribution < -0.4 is 5.32 Å². The SMILES string of the molecule is COCCN1C[C@H](C(=O)N2CCC(NC(=O)c3ccccc3)CC2)CC1=O. The number of benzene rings is 1. The predicted molar refractivity (Wildman–Crippen MR) is 100 cm³/mol. The highest BCUT2D eigenvalue weighted by Gasteiger charge is 2.37. The minimum atomic E-state index is -0.259. The summed E-state index contributed by atoms with van der Waals surface area (Å²) in [5, 5.41) is 3.05. The van der Waals surface area contributed by atoms with E-state index in [0.29, 0.717) is 38.3 Å². The lowest BCUT2D eigenvalue weighted by Crippen LogP contribution is -2.48. The van der Waals surface area contributed by atoms with Gasteiger partial charge in [-0.3, -0.25) is 14.4 Å². The molecule has 2 heterocycles. The Kier molecular flexibility index (Phi) is 6.45. The molecule has 2 fully saturated rings. The van der Waals surface area contributed by atoms with Crippen molar-refractivity contribution < 1.29 is 19.1 Å². The summed E-state index contributed by atoms with van der Waals surface area (Å²) < 4.78 is 5.02. The number of likely N-dealkylation sites (tertiary alicyclic amines) is 2. The number of piperidine rings is 1. The molecule has 3 rings (SSSR count). The molecular weight excluding hydrogens is 346 g/mol. The third-order valence-electron chi connectivity index (χ3n) is 5.31. The Balaban J connectivity index is 1.45. The Morgan fingerprint density at radius 2 is 1.89 bits per heavy atom. The van der Waals surface area contributed by atoms with E-state index in [1.165, 1.54) is 0 Å². The fraction of sp³-hybridized carbons (Fsp3) is 0.550. The molecule has 3 amide bonds. The van der Waals surface area contributed by atoms with Crippen molar-refractivity contribution in [3.05, 3.63) is 35.9 Å². The number of nitrogens with one attached hydrogen (secondary N) is 1. The van der Waals surface area contributed by atoms with Crippen molar-refractivity contribution in [2.45, 2.75) is 25.3 Å². The highest BCUT2D eigenvalue weighted by molar-refractivity contribution is 5.94. The lowest BCUT2D eigenvalue weighted by Gasteiger charge is -2.33. The fourth-order valence-electron chi connectivity index (χ4n) is 3.72. The number of carbonyl (C=O) groups excluding carboxylic acids is 3. The first-order chi connectivity index (χ1) is 13.1. The summed E-state index contributed by atoms with van der Waals surface area (Å²) in [4.78, 5) is 40.6. The number of hydrogen-bond acceptors (Lipinski definition) is 4. The average molecular weight is 373 g/mol. The molecule has 146 valence electrons. The van der Waals surface area contributed by atoms with Crippen LogP contribution in [0.15, 0.2) is 30.3 Å². The van der Waals surface area contributed by atoms with Crippen molar-refractivity contribution in [2.24, 2.45) is 5.92 Å². The van der Waals surface area contributed by atoms with E-state index < -0.39 is 0 Å². The van der Waals surface area contributed by atoms with Gasteiger partial charge in [-0.2, -0.15) is 0 Å². The Hall–Kier alpha value is -2.41. The van der Waals surface area contributed by atoms with Crippen LogP contribution in [0, 0.1) is 5.92 Å². The maximum atomic E-state index is 12.7. The zero-order valence-corrected chi connectivity index (χ0v) is 15.7. The Labute approximate surface area is 159 Å². The second-order valence-corrected chi connectivity index (χ2v) is 7.17. The molecule has 2 aliphatic rings. The molecule has 1 aromatic rings. The zero-order valence-electron chi connectivity index (χ0n) is 15.7. The Morgan fingerprint density at radius 1 is 1.19 bits per heavy atom. The van der Waals surface area contributed by atoms with Crippen LogP contribution in [0.1, 0.15) is 29.6 Å². The summed E-state index contributed by atoms with van der Waals surface area (Å²) in [6, 6.07) is 9.22. The summed E-state index contributed by atoms with van der Waals surface area (Å²) in [6.07, 6.45) is 1.75. The van der Waals surface area contributed by atoms with Gasteiger partial charge in [0.2, 0.25) is 11.8 Å². The van der Waals surface area contributed by atoms with E-state index in [-0.39, 0.29) is 36.1 Å². The molecule has 1 aromatic carbocycles. The van der Waals surface area contributed by atoms with Crippen LogP contribution in [-0.4, -0.2) is 73.5 Å². The van der Waals surface area contributed by atoms with Crippen LogP contribution in [-0.2, 0) is 14.3 Å². The van der Waals surface area contributed by atoms with Crippen molar-refractivity contribution in [3.63, 3.8) is 0 Å². The van der Waals surface area contributed by atoms with Crippen LogP contribution in [0.4, 0.5) is 0 Å². The van der Waals surface area contributed by atoms with Crippen molar-refractivity contribution >= 4 is 17.7 Å². The second-order valence-electron chi connectivity index (χ2n) is 7.17. The summed E-state index contributed by atoms with van der Waals surface area (Å²) in [5.74, 6) is -0.258. The van der Waals surface area contributed by atoms with Gasteiger partial charge >= 0.3 is 0 Å². The molecular formula is C20H27N3O4. The van der Waals surface area contributed by atoms with E-state index in [4.69, 9.17) is 4.74 Å². The first-order valence-corrected chi connectivity index (χ1v) is 9.50. The van der Waals surface area contributed by atoms with Gasteiger partial charge in [-0.05, 0) is 25.0 Å². The number of hydrogen-bond donors (Lipinski definition) is 1. The van der Waals surface area contributed by atoms with Crippen LogP contribution in [0.5, 0.6) is 0 Å². The summed E-state index contributed by atoms with van der Waals surface area (Å²) >= 11 is 0. The monoisotopic (exact) mass is 373 g/mol. The largest absolute Gasteiger partial charge is 0.383 e. The molecule has 0 spiro atoms. The van der Waals surface area contributed by atoms with Gasteiger partial charge in [0.15, 0.2) is 0 Å².